The van der Waals surface area contributed by atoms with Crippen LogP contribution in [0.2, 0.25) is 5.02 Å². The lowest BCUT2D eigenvalue weighted by atomic mass is 10.2. The van der Waals surface area contributed by atoms with Gasteiger partial charge in [0.05, 0.1) is 17.4 Å². The molecule has 27 heavy (non-hydrogen) atoms. The summed E-state index contributed by atoms with van der Waals surface area (Å²) in [6.07, 6.45) is 4.12. The third-order valence-electron chi connectivity index (χ3n) is 4.08. The highest BCUT2D eigenvalue weighted by Crippen LogP contribution is 2.15. The lowest BCUT2D eigenvalue weighted by Gasteiger charge is -2.20. The van der Waals surface area contributed by atoms with Gasteiger partial charge in [-0.25, -0.2) is 4.98 Å². The van der Waals surface area contributed by atoms with E-state index in [-0.39, 0.29) is 18.0 Å². The summed E-state index contributed by atoms with van der Waals surface area (Å²) in [4.78, 5) is 33.8. The smallest absolute Gasteiger partial charge is 0.258 e. The summed E-state index contributed by atoms with van der Waals surface area (Å²) in [6.45, 7) is 2.79. The second-order valence-electron chi connectivity index (χ2n) is 6.18. The summed E-state index contributed by atoms with van der Waals surface area (Å²) < 4.78 is 0. The number of rotatable bonds is 6. The summed E-state index contributed by atoms with van der Waals surface area (Å²) in [6, 6.07) is 14.6. The second-order valence-corrected chi connectivity index (χ2v) is 6.61. The van der Waals surface area contributed by atoms with Gasteiger partial charge in [0.25, 0.3) is 5.56 Å². The predicted molar refractivity (Wildman–Crippen MR) is 109 cm³/mol. The number of carbonyl (C=O) groups excluding carboxylic acids is 1. The predicted octanol–water partition coefficient (Wildman–Crippen LogP) is 4.03. The standard InChI is InChI=1S/C21H20ClN3O2/c1-2-12-25(20(26)11-8-15-6-4-3-5-7-15)14-19-23-18-13-16(22)9-10-17(18)21(27)24-19/h3-11,13H,2,12,14H2,1H3,(H,23,24,27)/b11-8+. The third-order valence-corrected chi connectivity index (χ3v) is 4.32. The van der Waals surface area contributed by atoms with Crippen LogP contribution in [0.5, 0.6) is 0 Å². The minimum absolute atomic E-state index is 0.130. The van der Waals surface area contributed by atoms with Crippen molar-refractivity contribution in [2.75, 3.05) is 6.54 Å². The van der Waals surface area contributed by atoms with Crippen molar-refractivity contribution in [3.8, 4) is 0 Å². The highest BCUT2D eigenvalue weighted by atomic mass is 35.5. The molecule has 0 spiro atoms. The van der Waals surface area contributed by atoms with Gasteiger partial charge in [0, 0.05) is 17.6 Å². The Kier molecular flexibility index (Phi) is 6.04. The Labute approximate surface area is 162 Å². The van der Waals surface area contributed by atoms with Gasteiger partial charge in [-0.15, -0.1) is 0 Å². The highest BCUT2D eigenvalue weighted by molar-refractivity contribution is 6.31. The highest BCUT2D eigenvalue weighted by Gasteiger charge is 2.13. The first-order valence-corrected chi connectivity index (χ1v) is 9.15. The molecule has 5 nitrogen and oxygen atoms in total. The second kappa shape index (κ2) is 8.64. The van der Waals surface area contributed by atoms with Gasteiger partial charge >= 0.3 is 0 Å². The van der Waals surface area contributed by atoms with Crippen molar-refractivity contribution in [1.82, 2.24) is 14.9 Å². The Bertz CT molecular complexity index is 1030. The number of hydrogen-bond donors (Lipinski definition) is 1. The summed E-state index contributed by atoms with van der Waals surface area (Å²) in [7, 11) is 0. The van der Waals surface area contributed by atoms with Crippen LogP contribution in [-0.2, 0) is 11.3 Å². The summed E-state index contributed by atoms with van der Waals surface area (Å²) >= 11 is 6.00. The number of hydrogen-bond acceptors (Lipinski definition) is 3. The van der Waals surface area contributed by atoms with E-state index >= 15 is 0 Å². The zero-order chi connectivity index (χ0) is 19.2. The van der Waals surface area contributed by atoms with Crippen molar-refractivity contribution >= 4 is 34.5 Å². The maximum Gasteiger partial charge on any atom is 0.258 e. The maximum atomic E-state index is 12.6. The molecule has 2 aromatic carbocycles. The molecule has 0 radical (unpaired) electrons. The quantitative estimate of drug-likeness (QED) is 0.655. The molecule has 0 saturated heterocycles. The fourth-order valence-electron chi connectivity index (χ4n) is 2.79. The zero-order valence-electron chi connectivity index (χ0n) is 15.0. The van der Waals surface area contributed by atoms with E-state index < -0.39 is 0 Å². The first-order chi connectivity index (χ1) is 13.1. The SMILES string of the molecule is CCCN(Cc1nc2cc(Cl)ccc2c(=O)[nH]1)C(=O)/C=C/c1ccccc1. The number of amides is 1. The van der Waals surface area contributed by atoms with Crippen LogP contribution in [0.3, 0.4) is 0 Å². The number of nitrogens with zero attached hydrogens (tertiary/aromatic N) is 2. The lowest BCUT2D eigenvalue weighted by molar-refractivity contribution is -0.126. The number of halogens is 1. The van der Waals surface area contributed by atoms with E-state index in [0.717, 1.165) is 12.0 Å². The van der Waals surface area contributed by atoms with Crippen LogP contribution in [0.15, 0.2) is 59.4 Å². The van der Waals surface area contributed by atoms with Crippen LogP contribution in [0.1, 0.15) is 24.7 Å². The van der Waals surface area contributed by atoms with Gasteiger partial charge in [0.15, 0.2) is 0 Å². The Balaban J connectivity index is 1.83. The van der Waals surface area contributed by atoms with Gasteiger partial charge in [0.2, 0.25) is 5.91 Å². The summed E-state index contributed by atoms with van der Waals surface area (Å²) in [5.74, 6) is 0.305. The molecule has 1 amide bonds. The Morgan fingerprint density at radius 1 is 1.22 bits per heavy atom. The number of nitrogens with one attached hydrogen (secondary N) is 1. The Morgan fingerprint density at radius 3 is 2.74 bits per heavy atom. The van der Waals surface area contributed by atoms with Crippen LogP contribution in [0.25, 0.3) is 17.0 Å². The van der Waals surface area contributed by atoms with Gasteiger partial charge in [-0.1, -0.05) is 48.9 Å². The molecule has 1 heterocycles. The average Bonchev–Trinajstić information content (AvgIpc) is 2.66. The Hall–Kier alpha value is -2.92. The van der Waals surface area contributed by atoms with Crippen molar-refractivity contribution in [3.63, 3.8) is 0 Å². The monoisotopic (exact) mass is 381 g/mol. The molecule has 0 aliphatic carbocycles. The topological polar surface area (TPSA) is 66.1 Å². The third kappa shape index (κ3) is 4.83. The van der Waals surface area contributed by atoms with Crippen LogP contribution >= 0.6 is 11.6 Å². The van der Waals surface area contributed by atoms with E-state index in [4.69, 9.17) is 11.6 Å². The van der Waals surface area contributed by atoms with Gasteiger partial charge in [-0.3, -0.25) is 9.59 Å². The molecule has 0 bridgehead atoms. The van der Waals surface area contributed by atoms with Crippen LogP contribution < -0.4 is 5.56 Å². The van der Waals surface area contributed by atoms with E-state index in [9.17, 15) is 9.59 Å². The first kappa shape index (κ1) is 18.9. The molecule has 3 aromatic rings. The summed E-state index contributed by atoms with van der Waals surface area (Å²) in [5, 5.41) is 0.985. The van der Waals surface area contributed by atoms with Crippen molar-refractivity contribution in [1.29, 1.82) is 0 Å². The zero-order valence-corrected chi connectivity index (χ0v) is 15.7. The normalized spacial score (nSPS) is 11.2. The minimum Gasteiger partial charge on any atom is -0.332 e. The number of fused-ring (bicyclic) bond motifs is 1. The van der Waals surface area contributed by atoms with E-state index in [2.05, 4.69) is 9.97 Å². The molecule has 138 valence electrons. The van der Waals surface area contributed by atoms with Crippen LogP contribution in [0, 0.1) is 0 Å². The van der Waals surface area contributed by atoms with Crippen molar-refractivity contribution in [2.24, 2.45) is 0 Å². The van der Waals surface area contributed by atoms with Crippen LogP contribution in [-0.4, -0.2) is 27.3 Å². The van der Waals surface area contributed by atoms with E-state index in [0.29, 0.717) is 28.3 Å². The number of H-pyrrole nitrogens is 1. The van der Waals surface area contributed by atoms with Crippen molar-refractivity contribution in [3.05, 3.63) is 81.4 Å². The molecule has 1 N–H and O–H groups in total. The largest absolute Gasteiger partial charge is 0.332 e. The molecule has 0 aliphatic rings. The molecule has 6 heteroatoms. The molecule has 0 fully saturated rings. The maximum absolute atomic E-state index is 12.6. The fourth-order valence-corrected chi connectivity index (χ4v) is 2.96. The molecule has 0 saturated carbocycles. The number of benzene rings is 2. The average molecular weight is 382 g/mol. The molecule has 0 aliphatic heterocycles. The van der Waals surface area contributed by atoms with Crippen molar-refractivity contribution < 1.29 is 4.79 Å². The number of aromatic amines is 1. The molecule has 0 unspecified atom stereocenters. The lowest BCUT2D eigenvalue weighted by Crippen LogP contribution is -2.31. The molecule has 3 rings (SSSR count). The van der Waals surface area contributed by atoms with E-state index in [1.165, 1.54) is 0 Å². The molecule has 1 aromatic heterocycles. The van der Waals surface area contributed by atoms with Crippen LogP contribution in [0.4, 0.5) is 0 Å². The van der Waals surface area contributed by atoms with E-state index in [1.807, 2.05) is 37.3 Å². The van der Waals surface area contributed by atoms with Gasteiger partial charge in [0.1, 0.15) is 5.82 Å². The van der Waals surface area contributed by atoms with Gasteiger partial charge in [-0.2, -0.15) is 0 Å². The molecule has 0 atom stereocenters. The van der Waals surface area contributed by atoms with E-state index in [1.54, 1.807) is 35.3 Å². The fraction of sp³-hybridized carbons (Fsp3) is 0.190. The summed E-state index contributed by atoms with van der Waals surface area (Å²) in [5.41, 5.74) is 1.23. The number of carbonyl (C=O) groups is 1. The number of aromatic nitrogens is 2. The van der Waals surface area contributed by atoms with Gasteiger partial charge < -0.3 is 9.88 Å². The molecular weight excluding hydrogens is 362 g/mol. The minimum atomic E-state index is -0.240. The van der Waals surface area contributed by atoms with Gasteiger partial charge in [-0.05, 0) is 36.3 Å². The van der Waals surface area contributed by atoms with Crippen molar-refractivity contribution in [2.45, 2.75) is 19.9 Å². The Morgan fingerprint density at radius 2 is 2.00 bits per heavy atom. The first-order valence-electron chi connectivity index (χ1n) is 8.77. The molecular formula is C21H20ClN3O2.